The van der Waals surface area contributed by atoms with Crippen molar-refractivity contribution in [2.24, 2.45) is 5.41 Å². The molecule has 1 aliphatic heterocycles. The minimum absolute atomic E-state index is 0.0703. The van der Waals surface area contributed by atoms with Crippen LogP contribution >= 0.6 is 0 Å². The monoisotopic (exact) mass is 306 g/mol. The first-order valence-corrected chi connectivity index (χ1v) is 7.14. The molecule has 7 nitrogen and oxygen atoms in total. The topological polar surface area (TPSA) is 78.7 Å². The van der Waals surface area contributed by atoms with E-state index in [0.717, 1.165) is 0 Å². The van der Waals surface area contributed by atoms with Crippen LogP contribution in [0.25, 0.3) is 0 Å². The standard InChI is InChI=1S/C15H22N4O3/c1-11-8-16-14(22-11)17-13(21)15(2)9-19(10-15)12(20)6-5-7-18(3)4/h5-6,8H,7,9-10H2,1-4H3,(H,16,17,21)/b6-5+. The number of likely N-dealkylation sites (tertiary alicyclic amines) is 1. The molecule has 0 spiro atoms. The summed E-state index contributed by atoms with van der Waals surface area (Å²) in [5.41, 5.74) is -0.604. The Kier molecular flexibility index (Phi) is 4.65. The smallest absolute Gasteiger partial charge is 0.301 e. The molecule has 0 saturated carbocycles. The Morgan fingerprint density at radius 2 is 2.18 bits per heavy atom. The molecule has 0 unspecified atom stereocenters. The van der Waals surface area contributed by atoms with Gasteiger partial charge in [0.05, 0.1) is 11.6 Å². The number of likely N-dealkylation sites (N-methyl/N-ethyl adjacent to an activating group) is 1. The Balaban J connectivity index is 1.84. The van der Waals surface area contributed by atoms with Crippen LogP contribution in [0.1, 0.15) is 12.7 Å². The first kappa shape index (κ1) is 16.2. The second-order valence-corrected chi connectivity index (χ2v) is 6.15. The number of rotatable bonds is 5. The van der Waals surface area contributed by atoms with Gasteiger partial charge in [-0.15, -0.1) is 0 Å². The molecule has 2 heterocycles. The van der Waals surface area contributed by atoms with Crippen LogP contribution in [0.4, 0.5) is 6.01 Å². The molecule has 120 valence electrons. The van der Waals surface area contributed by atoms with E-state index < -0.39 is 5.41 Å². The van der Waals surface area contributed by atoms with Gasteiger partial charge >= 0.3 is 6.01 Å². The molecule has 0 aliphatic carbocycles. The van der Waals surface area contributed by atoms with Crippen molar-refractivity contribution >= 4 is 17.8 Å². The van der Waals surface area contributed by atoms with Crippen LogP contribution in [-0.4, -0.2) is 60.3 Å². The first-order chi connectivity index (χ1) is 10.3. The lowest BCUT2D eigenvalue weighted by atomic mass is 9.81. The fourth-order valence-electron chi connectivity index (χ4n) is 2.23. The summed E-state index contributed by atoms with van der Waals surface area (Å²) >= 11 is 0. The number of hydrogen-bond acceptors (Lipinski definition) is 5. The first-order valence-electron chi connectivity index (χ1n) is 7.14. The van der Waals surface area contributed by atoms with Gasteiger partial charge in [-0.05, 0) is 27.9 Å². The molecule has 1 saturated heterocycles. The Hall–Kier alpha value is -2.15. The van der Waals surface area contributed by atoms with Gasteiger partial charge in [0, 0.05) is 25.7 Å². The summed E-state index contributed by atoms with van der Waals surface area (Å²) < 4.78 is 5.23. The van der Waals surface area contributed by atoms with Gasteiger partial charge in [-0.25, -0.2) is 4.98 Å². The van der Waals surface area contributed by atoms with Gasteiger partial charge in [-0.1, -0.05) is 6.08 Å². The van der Waals surface area contributed by atoms with E-state index in [9.17, 15) is 9.59 Å². The van der Waals surface area contributed by atoms with Crippen LogP contribution in [0, 0.1) is 12.3 Å². The average molecular weight is 306 g/mol. The number of carbonyl (C=O) groups is 2. The molecular weight excluding hydrogens is 284 g/mol. The van der Waals surface area contributed by atoms with E-state index in [1.165, 1.54) is 0 Å². The molecule has 0 bridgehead atoms. The lowest BCUT2D eigenvalue weighted by Crippen LogP contribution is -2.61. The predicted octanol–water partition coefficient (Wildman–Crippen LogP) is 0.888. The fourth-order valence-corrected chi connectivity index (χ4v) is 2.23. The Bertz CT molecular complexity index is 585. The van der Waals surface area contributed by atoms with Crippen molar-refractivity contribution in [1.29, 1.82) is 0 Å². The van der Waals surface area contributed by atoms with E-state index in [-0.39, 0.29) is 17.8 Å². The summed E-state index contributed by atoms with van der Waals surface area (Å²) in [6.07, 6.45) is 4.91. The van der Waals surface area contributed by atoms with Gasteiger partial charge in [0.15, 0.2) is 0 Å². The van der Waals surface area contributed by atoms with E-state index in [1.807, 2.05) is 32.0 Å². The molecule has 1 N–H and O–H groups in total. The zero-order valence-electron chi connectivity index (χ0n) is 13.4. The molecule has 0 aromatic carbocycles. The number of hydrogen-bond donors (Lipinski definition) is 1. The molecular formula is C15H22N4O3. The maximum Gasteiger partial charge on any atom is 0.301 e. The molecule has 1 fully saturated rings. The van der Waals surface area contributed by atoms with Gasteiger partial charge in [0.2, 0.25) is 11.8 Å². The van der Waals surface area contributed by atoms with E-state index in [0.29, 0.717) is 25.4 Å². The Morgan fingerprint density at radius 1 is 1.50 bits per heavy atom. The average Bonchev–Trinajstić information content (AvgIpc) is 2.79. The maximum absolute atomic E-state index is 12.2. The van der Waals surface area contributed by atoms with Crippen LogP contribution in [0.2, 0.25) is 0 Å². The number of amides is 2. The molecule has 1 aliphatic rings. The minimum Gasteiger partial charge on any atom is -0.429 e. The van der Waals surface area contributed by atoms with E-state index in [2.05, 4.69) is 10.3 Å². The number of nitrogens with zero attached hydrogens (tertiary/aromatic N) is 3. The zero-order chi connectivity index (χ0) is 16.3. The molecule has 1 aromatic heterocycles. The van der Waals surface area contributed by atoms with E-state index in [4.69, 9.17) is 4.42 Å². The van der Waals surface area contributed by atoms with E-state index in [1.54, 1.807) is 24.1 Å². The van der Waals surface area contributed by atoms with Crippen molar-refractivity contribution in [3.63, 3.8) is 0 Å². The van der Waals surface area contributed by atoms with Gasteiger partial charge < -0.3 is 14.2 Å². The highest BCUT2D eigenvalue weighted by atomic mass is 16.4. The summed E-state index contributed by atoms with van der Waals surface area (Å²) in [4.78, 5) is 31.7. The number of carbonyl (C=O) groups excluding carboxylic acids is 2. The number of anilines is 1. The Morgan fingerprint density at radius 3 is 2.73 bits per heavy atom. The van der Waals surface area contributed by atoms with Crippen LogP contribution < -0.4 is 5.32 Å². The lowest BCUT2D eigenvalue weighted by Gasteiger charge is -2.45. The summed E-state index contributed by atoms with van der Waals surface area (Å²) in [5.74, 6) is 0.381. The van der Waals surface area contributed by atoms with Gasteiger partial charge in [-0.2, -0.15) is 0 Å². The third kappa shape index (κ3) is 3.73. The highest BCUT2D eigenvalue weighted by Crippen LogP contribution is 2.31. The molecule has 2 amide bonds. The van der Waals surface area contributed by atoms with Crippen LogP contribution in [0.5, 0.6) is 0 Å². The third-order valence-corrected chi connectivity index (χ3v) is 3.51. The second kappa shape index (κ2) is 6.31. The summed E-state index contributed by atoms with van der Waals surface area (Å²) in [5, 5.41) is 2.64. The highest BCUT2D eigenvalue weighted by Gasteiger charge is 2.47. The van der Waals surface area contributed by atoms with Crippen molar-refractivity contribution in [3.8, 4) is 0 Å². The highest BCUT2D eigenvalue weighted by molar-refractivity contribution is 5.97. The van der Waals surface area contributed by atoms with Gasteiger partial charge in [0.25, 0.3) is 0 Å². The van der Waals surface area contributed by atoms with Crippen molar-refractivity contribution in [2.45, 2.75) is 13.8 Å². The molecule has 7 heteroatoms. The number of aromatic nitrogens is 1. The SMILES string of the molecule is Cc1cnc(NC(=O)C2(C)CN(C(=O)/C=C/CN(C)C)C2)o1. The summed E-state index contributed by atoms with van der Waals surface area (Å²) in [7, 11) is 3.87. The van der Waals surface area contributed by atoms with Crippen LogP contribution in [0.15, 0.2) is 22.8 Å². The molecule has 22 heavy (non-hydrogen) atoms. The fraction of sp³-hybridized carbons (Fsp3) is 0.533. The molecule has 1 aromatic rings. The number of nitrogens with one attached hydrogen (secondary N) is 1. The number of aryl methyl sites for hydroxylation is 1. The van der Waals surface area contributed by atoms with Crippen molar-refractivity contribution < 1.29 is 14.0 Å². The Labute approximate surface area is 130 Å². The zero-order valence-corrected chi connectivity index (χ0v) is 13.4. The molecule has 0 atom stereocenters. The molecule has 2 rings (SSSR count). The number of oxazole rings is 1. The largest absolute Gasteiger partial charge is 0.429 e. The van der Waals surface area contributed by atoms with Crippen molar-refractivity contribution in [1.82, 2.24) is 14.8 Å². The van der Waals surface area contributed by atoms with Crippen LogP contribution in [0.3, 0.4) is 0 Å². The lowest BCUT2D eigenvalue weighted by molar-refractivity contribution is -0.145. The molecule has 0 radical (unpaired) electrons. The van der Waals surface area contributed by atoms with Gasteiger partial charge in [0.1, 0.15) is 5.76 Å². The summed E-state index contributed by atoms with van der Waals surface area (Å²) in [6, 6.07) is 0.194. The van der Waals surface area contributed by atoms with Crippen molar-refractivity contribution in [2.75, 3.05) is 39.0 Å². The third-order valence-electron chi connectivity index (χ3n) is 3.51. The van der Waals surface area contributed by atoms with E-state index >= 15 is 0 Å². The van der Waals surface area contributed by atoms with Crippen molar-refractivity contribution in [3.05, 3.63) is 24.1 Å². The predicted molar refractivity (Wildman–Crippen MR) is 82.3 cm³/mol. The van der Waals surface area contributed by atoms with Gasteiger partial charge in [-0.3, -0.25) is 14.9 Å². The minimum atomic E-state index is -0.604. The second-order valence-electron chi connectivity index (χ2n) is 6.15. The normalized spacial score (nSPS) is 16.9. The quantitative estimate of drug-likeness (QED) is 0.817. The maximum atomic E-state index is 12.2. The van der Waals surface area contributed by atoms with Crippen LogP contribution in [-0.2, 0) is 9.59 Å². The summed E-state index contributed by atoms with van der Waals surface area (Å²) in [6.45, 7) is 5.08.